The Morgan fingerprint density at radius 2 is 1.12 bits per heavy atom. The van der Waals surface area contributed by atoms with Crippen LogP contribution < -0.4 is 16.4 Å². The van der Waals surface area contributed by atoms with E-state index in [0.29, 0.717) is 0 Å². The maximum atomic E-state index is 2.60. The van der Waals surface area contributed by atoms with Gasteiger partial charge in [0.2, 0.25) is 6.71 Å². The van der Waals surface area contributed by atoms with Crippen LogP contribution in [-0.2, 0) is 6.42 Å². The average Bonchev–Trinajstić information content (AvgIpc) is 3.05. The van der Waals surface area contributed by atoms with E-state index in [1.165, 1.54) is 93.2 Å². The van der Waals surface area contributed by atoms with Crippen LogP contribution in [0, 0.1) is 20.8 Å². The van der Waals surface area contributed by atoms with E-state index >= 15 is 0 Å². The predicted octanol–water partition coefficient (Wildman–Crippen LogP) is 7.87. The van der Waals surface area contributed by atoms with E-state index in [0.717, 1.165) is 6.42 Å². The summed E-state index contributed by atoms with van der Waals surface area (Å²) in [6.45, 7) is 6.98. The zero-order valence-corrected chi connectivity index (χ0v) is 24.2. The van der Waals surface area contributed by atoms with E-state index < -0.39 is 0 Å². The number of benzene rings is 6. The van der Waals surface area contributed by atoms with Gasteiger partial charge in [0, 0.05) is 22.0 Å². The quantitative estimate of drug-likeness (QED) is 0.174. The number of nitrogens with zero attached hydrogens (tertiary/aromatic N) is 1. The molecule has 42 heavy (non-hydrogen) atoms. The van der Waals surface area contributed by atoms with Crippen molar-refractivity contribution >= 4 is 66.5 Å². The Labute approximate surface area is 246 Å². The first-order valence-corrected chi connectivity index (χ1v) is 15.0. The van der Waals surface area contributed by atoms with Gasteiger partial charge in [-0.25, -0.2) is 0 Å². The molecule has 1 aromatic heterocycles. The van der Waals surface area contributed by atoms with E-state index in [1.807, 2.05) is 0 Å². The predicted molar refractivity (Wildman–Crippen MR) is 182 cm³/mol. The van der Waals surface area contributed by atoms with Gasteiger partial charge in [-0.05, 0) is 99.6 Å². The molecule has 0 fully saturated rings. The van der Waals surface area contributed by atoms with Crippen LogP contribution in [-0.4, -0.2) is 11.3 Å². The van der Waals surface area contributed by atoms with Crippen LogP contribution in [0.3, 0.4) is 0 Å². The summed E-state index contributed by atoms with van der Waals surface area (Å²) in [5.41, 5.74) is 15.2. The number of para-hydroxylation sites is 2. The van der Waals surface area contributed by atoms with Gasteiger partial charge in [-0.1, -0.05) is 109 Å². The Balaban J connectivity index is 1.64. The molecular formula is C40H30BN. The van der Waals surface area contributed by atoms with Gasteiger partial charge in [0.1, 0.15) is 0 Å². The lowest BCUT2D eigenvalue weighted by Gasteiger charge is -2.35. The fourth-order valence-corrected chi connectivity index (χ4v) is 7.95. The van der Waals surface area contributed by atoms with Gasteiger partial charge in [0.15, 0.2) is 0 Å². The zero-order chi connectivity index (χ0) is 28.1. The highest BCUT2D eigenvalue weighted by atomic mass is 15.0. The van der Waals surface area contributed by atoms with Crippen LogP contribution in [0.4, 0.5) is 0 Å². The number of rotatable bonds is 0. The summed E-state index contributed by atoms with van der Waals surface area (Å²) in [4.78, 5) is 0. The van der Waals surface area contributed by atoms with E-state index in [9.17, 15) is 0 Å². The third kappa shape index (κ3) is 3.15. The monoisotopic (exact) mass is 535 g/mol. The molecular weight excluding hydrogens is 505 g/mol. The summed E-state index contributed by atoms with van der Waals surface area (Å²) in [5, 5.41) is 7.67. The zero-order valence-electron chi connectivity index (χ0n) is 24.2. The van der Waals surface area contributed by atoms with E-state index in [1.54, 1.807) is 0 Å². The van der Waals surface area contributed by atoms with Gasteiger partial charge in [-0.3, -0.25) is 0 Å². The highest BCUT2D eigenvalue weighted by Gasteiger charge is 2.38. The molecule has 2 aliphatic heterocycles. The molecule has 0 saturated heterocycles. The highest BCUT2D eigenvalue weighted by molar-refractivity contribution is 6.98. The van der Waals surface area contributed by atoms with Crippen molar-refractivity contribution in [2.45, 2.75) is 27.2 Å². The van der Waals surface area contributed by atoms with Crippen LogP contribution in [0.5, 0.6) is 0 Å². The summed E-state index contributed by atoms with van der Waals surface area (Å²) in [6.07, 6.45) is 0.979. The van der Waals surface area contributed by atoms with Crippen molar-refractivity contribution in [2.24, 2.45) is 0 Å². The Bertz CT molecular complexity index is 2370. The Kier molecular flexibility index (Phi) is 4.88. The van der Waals surface area contributed by atoms with Gasteiger partial charge in [-0.15, -0.1) is 0 Å². The molecule has 0 bridgehead atoms. The molecule has 2 aliphatic rings. The van der Waals surface area contributed by atoms with Crippen molar-refractivity contribution in [3.8, 4) is 5.69 Å². The molecule has 0 aliphatic carbocycles. The molecule has 198 valence electrons. The fourth-order valence-electron chi connectivity index (χ4n) is 7.95. The molecule has 0 radical (unpaired) electrons. The third-order valence-electron chi connectivity index (χ3n) is 9.84. The molecule has 7 aromatic rings. The molecule has 0 unspecified atom stereocenters. The molecule has 1 nitrogen and oxygen atoms in total. The lowest BCUT2D eigenvalue weighted by Crippen LogP contribution is -2.60. The molecule has 0 N–H and O–H groups in total. The minimum atomic E-state index is 0.201. The summed E-state index contributed by atoms with van der Waals surface area (Å²) < 4.78 is 2.60. The van der Waals surface area contributed by atoms with E-state index in [-0.39, 0.29) is 6.71 Å². The second kappa shape index (κ2) is 8.60. The molecule has 0 atom stereocenters. The lowest BCUT2D eigenvalue weighted by molar-refractivity contribution is 1.12. The molecule has 0 saturated carbocycles. The molecule has 9 rings (SSSR count). The van der Waals surface area contributed by atoms with Crippen LogP contribution in [0.15, 0.2) is 115 Å². The lowest BCUT2D eigenvalue weighted by atomic mass is 9.32. The maximum Gasteiger partial charge on any atom is 0.247 e. The number of aryl methyl sites for hydroxylation is 3. The fraction of sp³-hybridized carbons (Fsp3) is 0.100. The van der Waals surface area contributed by atoms with Crippen molar-refractivity contribution in [3.63, 3.8) is 0 Å². The highest BCUT2D eigenvalue weighted by Crippen LogP contribution is 2.36. The van der Waals surface area contributed by atoms with Gasteiger partial charge in [0.25, 0.3) is 0 Å². The largest absolute Gasteiger partial charge is 0.310 e. The second-order valence-electron chi connectivity index (χ2n) is 12.3. The first-order chi connectivity index (χ1) is 20.6. The number of hydrogen-bond acceptors (Lipinski definition) is 0. The minimum absolute atomic E-state index is 0.201. The summed E-state index contributed by atoms with van der Waals surface area (Å²) in [7, 11) is 0. The summed E-state index contributed by atoms with van der Waals surface area (Å²) in [5.74, 6) is 0. The Morgan fingerprint density at radius 1 is 0.524 bits per heavy atom. The van der Waals surface area contributed by atoms with Crippen molar-refractivity contribution in [1.29, 1.82) is 0 Å². The molecule has 0 amide bonds. The van der Waals surface area contributed by atoms with Crippen LogP contribution >= 0.6 is 0 Å². The molecule has 2 heteroatoms. The van der Waals surface area contributed by atoms with Gasteiger partial charge >= 0.3 is 0 Å². The maximum absolute atomic E-state index is 2.60. The van der Waals surface area contributed by atoms with Crippen LogP contribution in [0.2, 0.25) is 0 Å². The van der Waals surface area contributed by atoms with Gasteiger partial charge in [0.05, 0.1) is 5.52 Å². The van der Waals surface area contributed by atoms with E-state index in [4.69, 9.17) is 0 Å². The SMILES string of the molecule is Cc1cc2c3c(c1)-n1c4ccccc4c4ccccc4c4ccccc4c4cccc(c41)B3c1cc(C)c(C)cc1C2. The molecule has 0 spiro atoms. The Morgan fingerprint density at radius 3 is 1.86 bits per heavy atom. The minimum Gasteiger partial charge on any atom is -0.310 e. The van der Waals surface area contributed by atoms with Crippen LogP contribution in [0.1, 0.15) is 27.8 Å². The summed E-state index contributed by atoms with van der Waals surface area (Å²) in [6, 6.07) is 43.7. The standard InChI is InChI=1S/C40H30BN/c1-24-19-28-23-27-21-25(2)26(3)22-36(27)41-35-17-10-16-34-32-14-7-5-12-30(32)29-11-4-6-13-31(29)33-15-8-9-18-37(33)42(40(34)35)38(20-24)39(28)41/h4-22H,23H2,1-3H3. The molecule has 3 heterocycles. The topological polar surface area (TPSA) is 4.93 Å². The number of aromatic nitrogens is 1. The molecule has 6 aromatic carbocycles. The number of hydrogen-bond donors (Lipinski definition) is 0. The summed E-state index contributed by atoms with van der Waals surface area (Å²) >= 11 is 0. The van der Waals surface area contributed by atoms with Gasteiger partial charge in [-0.2, -0.15) is 0 Å². The smallest absolute Gasteiger partial charge is 0.247 e. The average molecular weight is 535 g/mol. The van der Waals surface area contributed by atoms with Crippen molar-refractivity contribution < 1.29 is 0 Å². The first kappa shape index (κ1) is 23.8. The van der Waals surface area contributed by atoms with E-state index in [2.05, 4.69) is 141 Å². The first-order valence-electron chi connectivity index (χ1n) is 15.0. The van der Waals surface area contributed by atoms with Crippen molar-refractivity contribution in [3.05, 3.63) is 143 Å². The van der Waals surface area contributed by atoms with Crippen LogP contribution in [0.25, 0.3) is 49.0 Å². The van der Waals surface area contributed by atoms with Crippen molar-refractivity contribution in [2.75, 3.05) is 0 Å². The van der Waals surface area contributed by atoms with Gasteiger partial charge < -0.3 is 4.57 Å². The Hall–Kier alpha value is -4.82. The number of fused-ring (bicyclic) bond motifs is 11. The van der Waals surface area contributed by atoms with Crippen molar-refractivity contribution in [1.82, 2.24) is 4.57 Å². The normalized spacial score (nSPS) is 13.0. The second-order valence-corrected chi connectivity index (χ2v) is 12.3. The third-order valence-corrected chi connectivity index (χ3v) is 9.84.